The van der Waals surface area contributed by atoms with E-state index >= 15 is 4.39 Å². The van der Waals surface area contributed by atoms with Gasteiger partial charge in [0.2, 0.25) is 5.43 Å². The summed E-state index contributed by atoms with van der Waals surface area (Å²) in [4.78, 5) is 26.3. The number of hydrogen-bond acceptors (Lipinski definition) is 4. The summed E-state index contributed by atoms with van der Waals surface area (Å²) in [6.07, 6.45) is 3.91. The number of fused-ring (bicyclic) bond motifs is 1. The fraction of sp³-hybridized carbons (Fsp3) is 0.500. The topological polar surface area (TPSA) is 88.6 Å². The Labute approximate surface area is 166 Å². The fourth-order valence-corrected chi connectivity index (χ4v) is 4.55. The van der Waals surface area contributed by atoms with Crippen LogP contribution in [-0.4, -0.2) is 35.3 Å². The van der Waals surface area contributed by atoms with Crippen molar-refractivity contribution in [3.63, 3.8) is 0 Å². The summed E-state index contributed by atoms with van der Waals surface area (Å²) in [5.41, 5.74) is 5.55. The third-order valence-corrected chi connectivity index (χ3v) is 6.46. The van der Waals surface area contributed by atoms with Crippen molar-refractivity contribution in [3.8, 4) is 0 Å². The standard InChI is InChI=1S/C20H23ClFN3O3/c1-10-13-16(25(11-3-4-11)7-12(18(13)26)19(27)28)14(21)17(15(10)22)24-6-5-20(2,8-23)9-24/h7,11H,3-6,8-9,23H2,1-2H3,(H,27,28). The number of halogens is 2. The second-order valence-electron chi connectivity index (χ2n) is 8.33. The third-order valence-electron chi connectivity index (χ3n) is 6.10. The molecule has 0 bridgehead atoms. The maximum Gasteiger partial charge on any atom is 0.341 e. The Kier molecular flexibility index (Phi) is 4.43. The smallest absolute Gasteiger partial charge is 0.341 e. The van der Waals surface area contributed by atoms with Crippen LogP contribution < -0.4 is 16.1 Å². The number of hydrogen-bond donors (Lipinski definition) is 2. The lowest BCUT2D eigenvalue weighted by Gasteiger charge is -2.27. The van der Waals surface area contributed by atoms with E-state index in [2.05, 4.69) is 6.92 Å². The molecule has 0 radical (unpaired) electrons. The highest BCUT2D eigenvalue weighted by atomic mass is 35.5. The second-order valence-corrected chi connectivity index (χ2v) is 8.70. The lowest BCUT2D eigenvalue weighted by Crippen LogP contribution is -2.32. The fourth-order valence-electron chi connectivity index (χ4n) is 4.15. The SMILES string of the molecule is Cc1c(F)c(N2CCC(C)(CN)C2)c(Cl)c2c1c(=O)c(C(=O)O)cn2C1CC1. The first-order chi connectivity index (χ1) is 13.2. The number of carboxylic acid groups (broad SMARTS) is 1. The van der Waals surface area contributed by atoms with E-state index in [0.29, 0.717) is 25.2 Å². The minimum absolute atomic E-state index is 0.0545. The van der Waals surface area contributed by atoms with Crippen LogP contribution in [0.25, 0.3) is 10.9 Å². The monoisotopic (exact) mass is 407 g/mol. The highest BCUT2D eigenvalue weighted by molar-refractivity contribution is 6.38. The van der Waals surface area contributed by atoms with E-state index < -0.39 is 17.2 Å². The molecule has 1 atom stereocenters. The van der Waals surface area contributed by atoms with Crippen molar-refractivity contribution in [1.29, 1.82) is 0 Å². The van der Waals surface area contributed by atoms with Crippen molar-refractivity contribution in [2.24, 2.45) is 11.1 Å². The van der Waals surface area contributed by atoms with Crippen LogP contribution in [0.15, 0.2) is 11.0 Å². The molecule has 8 heteroatoms. The van der Waals surface area contributed by atoms with Crippen LogP contribution in [-0.2, 0) is 0 Å². The number of anilines is 1. The first kappa shape index (κ1) is 19.2. The van der Waals surface area contributed by atoms with Gasteiger partial charge in [-0.1, -0.05) is 18.5 Å². The third kappa shape index (κ3) is 2.79. The summed E-state index contributed by atoms with van der Waals surface area (Å²) in [6, 6.07) is 0.0734. The van der Waals surface area contributed by atoms with E-state index in [4.69, 9.17) is 17.3 Å². The molecule has 0 amide bonds. The first-order valence-electron chi connectivity index (χ1n) is 9.43. The predicted molar refractivity (Wildman–Crippen MR) is 107 cm³/mol. The molecule has 2 aliphatic rings. The molecule has 1 aliphatic heterocycles. The van der Waals surface area contributed by atoms with Gasteiger partial charge in [-0.25, -0.2) is 9.18 Å². The molecule has 1 saturated heterocycles. The van der Waals surface area contributed by atoms with Gasteiger partial charge in [0.1, 0.15) is 5.56 Å². The van der Waals surface area contributed by atoms with Crippen molar-refractivity contribution < 1.29 is 14.3 Å². The van der Waals surface area contributed by atoms with E-state index in [1.165, 1.54) is 13.1 Å². The number of rotatable bonds is 4. The summed E-state index contributed by atoms with van der Waals surface area (Å²) >= 11 is 6.70. The molecule has 2 fully saturated rings. The number of carbonyl (C=O) groups is 1. The Bertz CT molecular complexity index is 1060. The normalized spacial score (nSPS) is 22.2. The number of nitrogens with zero attached hydrogens (tertiary/aromatic N) is 2. The minimum atomic E-state index is -1.32. The molecule has 150 valence electrons. The van der Waals surface area contributed by atoms with Crippen molar-refractivity contribution in [3.05, 3.63) is 38.4 Å². The quantitative estimate of drug-likeness (QED) is 0.811. The van der Waals surface area contributed by atoms with Crippen molar-refractivity contribution in [2.75, 3.05) is 24.5 Å². The second kappa shape index (κ2) is 6.46. The molecule has 2 aromatic rings. The zero-order valence-electron chi connectivity index (χ0n) is 15.9. The van der Waals surface area contributed by atoms with Crippen molar-refractivity contribution in [2.45, 2.75) is 39.2 Å². The van der Waals surface area contributed by atoms with E-state index in [0.717, 1.165) is 19.3 Å². The summed E-state index contributed by atoms with van der Waals surface area (Å²) < 4.78 is 17.2. The average Bonchev–Trinajstić information content (AvgIpc) is 3.42. The number of nitrogens with two attached hydrogens (primary N) is 1. The molecule has 4 rings (SSSR count). The van der Waals surface area contributed by atoms with E-state index in [1.54, 1.807) is 4.57 Å². The Balaban J connectivity index is 2.03. The van der Waals surface area contributed by atoms with Crippen molar-refractivity contribution in [1.82, 2.24) is 4.57 Å². The van der Waals surface area contributed by atoms with Crippen molar-refractivity contribution >= 4 is 34.2 Å². The van der Waals surface area contributed by atoms with Gasteiger partial charge in [-0.05, 0) is 38.1 Å². The van der Waals surface area contributed by atoms with Gasteiger partial charge in [-0.2, -0.15) is 0 Å². The Morgan fingerprint density at radius 2 is 2.14 bits per heavy atom. The number of benzene rings is 1. The zero-order chi connectivity index (χ0) is 20.4. The molecule has 2 heterocycles. The molecule has 28 heavy (non-hydrogen) atoms. The molecular formula is C20H23ClFN3O3. The van der Waals surface area contributed by atoms with E-state index in [-0.39, 0.29) is 38.7 Å². The summed E-state index contributed by atoms with van der Waals surface area (Å²) in [7, 11) is 0. The van der Waals surface area contributed by atoms with Gasteiger partial charge in [0.15, 0.2) is 5.82 Å². The van der Waals surface area contributed by atoms with Gasteiger partial charge >= 0.3 is 5.97 Å². The van der Waals surface area contributed by atoms with Gasteiger partial charge in [0, 0.05) is 30.9 Å². The van der Waals surface area contributed by atoms with Crippen LogP contribution in [0.2, 0.25) is 5.02 Å². The first-order valence-corrected chi connectivity index (χ1v) is 9.81. The van der Waals surface area contributed by atoms with Gasteiger partial charge < -0.3 is 20.3 Å². The Hall–Kier alpha value is -2.12. The summed E-state index contributed by atoms with van der Waals surface area (Å²) in [5.74, 6) is -1.89. The Morgan fingerprint density at radius 1 is 1.46 bits per heavy atom. The molecule has 1 saturated carbocycles. The lowest BCUT2D eigenvalue weighted by atomic mass is 9.90. The number of carboxylic acids is 1. The minimum Gasteiger partial charge on any atom is -0.477 e. The van der Waals surface area contributed by atoms with Crippen LogP contribution in [0.1, 0.15) is 48.1 Å². The number of aromatic nitrogens is 1. The van der Waals surface area contributed by atoms with Gasteiger partial charge in [-0.15, -0.1) is 0 Å². The van der Waals surface area contributed by atoms with Crippen LogP contribution in [0.3, 0.4) is 0 Å². The highest BCUT2D eigenvalue weighted by Gasteiger charge is 2.37. The lowest BCUT2D eigenvalue weighted by molar-refractivity contribution is 0.0695. The molecule has 0 spiro atoms. The van der Waals surface area contributed by atoms with Crippen LogP contribution in [0.4, 0.5) is 10.1 Å². The molecule has 1 unspecified atom stereocenters. The zero-order valence-corrected chi connectivity index (χ0v) is 16.6. The highest BCUT2D eigenvalue weighted by Crippen LogP contribution is 2.45. The largest absolute Gasteiger partial charge is 0.477 e. The summed E-state index contributed by atoms with van der Waals surface area (Å²) in [5, 5.41) is 9.65. The van der Waals surface area contributed by atoms with E-state index in [1.807, 2.05) is 4.90 Å². The van der Waals surface area contributed by atoms with Gasteiger partial charge in [0.25, 0.3) is 0 Å². The molecular weight excluding hydrogens is 385 g/mol. The molecule has 6 nitrogen and oxygen atoms in total. The number of pyridine rings is 1. The van der Waals surface area contributed by atoms with Gasteiger partial charge in [-0.3, -0.25) is 4.79 Å². The van der Waals surface area contributed by atoms with Crippen LogP contribution >= 0.6 is 11.6 Å². The summed E-state index contributed by atoms with van der Waals surface area (Å²) in [6.45, 7) is 5.26. The number of aryl methyl sites for hydroxylation is 1. The average molecular weight is 408 g/mol. The maximum absolute atomic E-state index is 15.4. The molecule has 3 N–H and O–H groups in total. The van der Waals surface area contributed by atoms with Crippen LogP contribution in [0.5, 0.6) is 0 Å². The molecule has 1 aromatic heterocycles. The Morgan fingerprint density at radius 3 is 2.68 bits per heavy atom. The molecule has 1 aromatic carbocycles. The number of aromatic carboxylic acids is 1. The van der Waals surface area contributed by atoms with Crippen LogP contribution in [0, 0.1) is 18.2 Å². The van der Waals surface area contributed by atoms with Gasteiger partial charge in [0.05, 0.1) is 21.6 Å². The predicted octanol–water partition coefficient (Wildman–Crippen LogP) is 3.31. The van der Waals surface area contributed by atoms with E-state index in [9.17, 15) is 14.7 Å². The molecule has 1 aliphatic carbocycles. The maximum atomic E-state index is 15.4.